The Labute approximate surface area is 153 Å². The van der Waals surface area contributed by atoms with Gasteiger partial charge in [-0.2, -0.15) is 0 Å². The highest BCUT2D eigenvalue weighted by Gasteiger charge is 2.33. The number of hydrogen-bond donors (Lipinski definition) is 2. The topological polar surface area (TPSA) is 44.4 Å². The maximum absolute atomic E-state index is 12.8. The summed E-state index contributed by atoms with van der Waals surface area (Å²) in [5.41, 5.74) is 4.43. The molecule has 4 nitrogen and oxygen atoms in total. The highest BCUT2D eigenvalue weighted by Crippen LogP contribution is 2.43. The summed E-state index contributed by atoms with van der Waals surface area (Å²) in [6.07, 6.45) is 4.44. The summed E-state index contributed by atoms with van der Waals surface area (Å²) in [7, 11) is 4.06. The van der Waals surface area contributed by atoms with Gasteiger partial charge in [-0.1, -0.05) is 25.5 Å². The van der Waals surface area contributed by atoms with Crippen LogP contribution in [0.2, 0.25) is 0 Å². The SMILES string of the molecule is CC[C@H]1CCc2c(sc3c2C(=O)N[C@@H](c2ccc(N(C)C)cc2)N3)C1. The number of hydrogen-bond acceptors (Lipinski definition) is 4. The van der Waals surface area contributed by atoms with Gasteiger partial charge in [0.25, 0.3) is 5.91 Å². The lowest BCUT2D eigenvalue weighted by molar-refractivity contribution is 0.0935. The van der Waals surface area contributed by atoms with Crippen LogP contribution in [0.3, 0.4) is 0 Å². The van der Waals surface area contributed by atoms with Crippen molar-refractivity contribution in [3.05, 3.63) is 45.8 Å². The van der Waals surface area contributed by atoms with Crippen molar-refractivity contribution in [3.63, 3.8) is 0 Å². The molecule has 1 aliphatic heterocycles. The molecule has 1 amide bonds. The van der Waals surface area contributed by atoms with E-state index in [0.717, 1.165) is 40.6 Å². The number of benzene rings is 1. The zero-order chi connectivity index (χ0) is 17.6. The molecule has 4 rings (SSSR count). The molecule has 2 aliphatic rings. The van der Waals surface area contributed by atoms with Crippen LogP contribution in [-0.2, 0) is 12.8 Å². The lowest BCUT2D eigenvalue weighted by atomic mass is 9.85. The Morgan fingerprint density at radius 2 is 1.96 bits per heavy atom. The zero-order valence-electron chi connectivity index (χ0n) is 15.1. The first-order valence-corrected chi connectivity index (χ1v) is 9.87. The Bertz CT molecular complexity index is 794. The maximum Gasteiger partial charge on any atom is 0.256 e. The van der Waals surface area contributed by atoms with Gasteiger partial charge in [-0.25, -0.2) is 0 Å². The van der Waals surface area contributed by atoms with Crippen LogP contribution in [0, 0.1) is 5.92 Å². The predicted molar refractivity (Wildman–Crippen MR) is 105 cm³/mol. The van der Waals surface area contributed by atoms with Crippen molar-refractivity contribution in [1.82, 2.24) is 5.32 Å². The van der Waals surface area contributed by atoms with Gasteiger partial charge in [0, 0.05) is 24.7 Å². The number of rotatable bonds is 3. The molecule has 0 saturated heterocycles. The minimum atomic E-state index is -0.154. The first-order chi connectivity index (χ1) is 12.1. The number of amides is 1. The largest absolute Gasteiger partial charge is 0.378 e. The minimum Gasteiger partial charge on any atom is -0.378 e. The molecule has 0 spiro atoms. The Morgan fingerprint density at radius 3 is 2.64 bits per heavy atom. The standard InChI is InChI=1S/C20H25N3OS/c1-4-12-5-10-15-16(11-12)25-20-17(15)19(24)21-18(22-20)13-6-8-14(9-7-13)23(2)3/h6-9,12,18,22H,4-5,10-11H2,1-3H3,(H,21,24)/t12-,18+/m0/s1. The van der Waals surface area contributed by atoms with Crippen molar-refractivity contribution in [2.75, 3.05) is 24.3 Å². The van der Waals surface area contributed by atoms with Crippen LogP contribution in [-0.4, -0.2) is 20.0 Å². The summed E-state index contributed by atoms with van der Waals surface area (Å²) in [5, 5.41) is 7.75. The molecule has 2 aromatic rings. The van der Waals surface area contributed by atoms with Gasteiger partial charge in [0.15, 0.2) is 0 Å². The molecule has 0 radical (unpaired) electrons. The molecule has 1 aromatic carbocycles. The van der Waals surface area contributed by atoms with Crippen LogP contribution >= 0.6 is 11.3 Å². The van der Waals surface area contributed by atoms with Crippen LogP contribution in [0.5, 0.6) is 0 Å². The summed E-state index contributed by atoms with van der Waals surface area (Å²) in [4.78, 5) is 16.3. The van der Waals surface area contributed by atoms with E-state index in [1.54, 1.807) is 11.3 Å². The number of nitrogens with zero attached hydrogens (tertiary/aromatic N) is 1. The fourth-order valence-electron chi connectivity index (χ4n) is 3.85. The second kappa shape index (κ2) is 6.37. The van der Waals surface area contributed by atoms with Crippen molar-refractivity contribution in [1.29, 1.82) is 0 Å². The average molecular weight is 356 g/mol. The molecular weight excluding hydrogens is 330 g/mol. The number of nitrogens with one attached hydrogen (secondary N) is 2. The monoisotopic (exact) mass is 355 g/mol. The van der Waals surface area contributed by atoms with Gasteiger partial charge < -0.3 is 15.5 Å². The molecule has 2 heterocycles. The number of thiophene rings is 1. The van der Waals surface area contributed by atoms with E-state index >= 15 is 0 Å². The lowest BCUT2D eigenvalue weighted by Gasteiger charge is -2.27. The zero-order valence-corrected chi connectivity index (χ0v) is 15.9. The van der Waals surface area contributed by atoms with Crippen molar-refractivity contribution >= 4 is 27.9 Å². The van der Waals surface area contributed by atoms with E-state index in [1.807, 2.05) is 14.1 Å². The molecule has 1 aromatic heterocycles. The van der Waals surface area contributed by atoms with Crippen molar-refractivity contribution in [3.8, 4) is 0 Å². The van der Waals surface area contributed by atoms with Crippen molar-refractivity contribution in [2.24, 2.45) is 5.92 Å². The molecule has 0 saturated carbocycles. The number of fused-ring (bicyclic) bond motifs is 3. The smallest absolute Gasteiger partial charge is 0.256 e. The second-order valence-electron chi connectivity index (χ2n) is 7.26. The number of carbonyl (C=O) groups excluding carboxylic acids is 1. The Hall–Kier alpha value is -2.01. The van der Waals surface area contributed by atoms with Crippen LogP contribution in [0.4, 0.5) is 10.7 Å². The fraction of sp³-hybridized carbons (Fsp3) is 0.450. The van der Waals surface area contributed by atoms with Gasteiger partial charge in [-0.15, -0.1) is 11.3 Å². The Morgan fingerprint density at radius 1 is 1.20 bits per heavy atom. The highest BCUT2D eigenvalue weighted by molar-refractivity contribution is 7.16. The van der Waals surface area contributed by atoms with Gasteiger partial charge in [0.1, 0.15) is 11.2 Å². The van der Waals surface area contributed by atoms with Gasteiger partial charge in [0.2, 0.25) is 0 Å². The third-order valence-corrected chi connectivity index (χ3v) is 6.65. The quantitative estimate of drug-likeness (QED) is 0.868. The van der Waals surface area contributed by atoms with E-state index in [0.29, 0.717) is 0 Å². The molecule has 5 heteroatoms. The fourth-order valence-corrected chi connectivity index (χ4v) is 5.23. The van der Waals surface area contributed by atoms with E-state index in [-0.39, 0.29) is 12.1 Å². The Kier molecular flexibility index (Phi) is 4.20. The summed E-state index contributed by atoms with van der Waals surface area (Å²) in [6.45, 7) is 2.27. The molecule has 0 bridgehead atoms. The molecule has 2 N–H and O–H groups in total. The Balaban J connectivity index is 1.61. The summed E-state index contributed by atoms with van der Waals surface area (Å²) in [6, 6.07) is 8.34. The second-order valence-corrected chi connectivity index (χ2v) is 8.37. The van der Waals surface area contributed by atoms with E-state index in [1.165, 1.54) is 23.3 Å². The normalized spacial score (nSPS) is 21.8. The maximum atomic E-state index is 12.8. The van der Waals surface area contributed by atoms with Crippen LogP contribution in [0.1, 0.15) is 52.3 Å². The van der Waals surface area contributed by atoms with E-state index in [9.17, 15) is 4.79 Å². The van der Waals surface area contributed by atoms with Gasteiger partial charge >= 0.3 is 0 Å². The summed E-state index contributed by atoms with van der Waals surface area (Å²) in [5.74, 6) is 0.841. The van der Waals surface area contributed by atoms with Crippen molar-refractivity contribution in [2.45, 2.75) is 38.8 Å². The summed E-state index contributed by atoms with van der Waals surface area (Å²) < 4.78 is 0. The van der Waals surface area contributed by atoms with Gasteiger partial charge in [-0.3, -0.25) is 4.79 Å². The first-order valence-electron chi connectivity index (χ1n) is 9.06. The third kappa shape index (κ3) is 2.91. The molecule has 25 heavy (non-hydrogen) atoms. The average Bonchev–Trinajstić information content (AvgIpc) is 2.99. The van der Waals surface area contributed by atoms with E-state index < -0.39 is 0 Å². The van der Waals surface area contributed by atoms with Crippen LogP contribution in [0.15, 0.2) is 24.3 Å². The summed E-state index contributed by atoms with van der Waals surface area (Å²) >= 11 is 1.79. The van der Waals surface area contributed by atoms with Crippen LogP contribution < -0.4 is 15.5 Å². The first kappa shape index (κ1) is 16.5. The minimum absolute atomic E-state index is 0.0721. The number of carbonyl (C=O) groups is 1. The lowest BCUT2D eigenvalue weighted by Crippen LogP contribution is -2.38. The molecular formula is C20H25N3OS. The third-order valence-electron chi connectivity index (χ3n) is 5.47. The molecule has 0 fully saturated rings. The van der Waals surface area contributed by atoms with Crippen LogP contribution in [0.25, 0.3) is 0 Å². The van der Waals surface area contributed by atoms with E-state index in [4.69, 9.17) is 0 Å². The molecule has 2 atom stereocenters. The van der Waals surface area contributed by atoms with E-state index in [2.05, 4.69) is 46.7 Å². The van der Waals surface area contributed by atoms with Crippen molar-refractivity contribution < 1.29 is 4.79 Å². The number of anilines is 2. The molecule has 132 valence electrons. The highest BCUT2D eigenvalue weighted by atomic mass is 32.1. The predicted octanol–water partition coefficient (Wildman–Crippen LogP) is 4.18. The molecule has 0 unspecified atom stereocenters. The van der Waals surface area contributed by atoms with Gasteiger partial charge in [-0.05, 0) is 48.4 Å². The molecule has 1 aliphatic carbocycles. The van der Waals surface area contributed by atoms with Gasteiger partial charge in [0.05, 0.1) is 5.56 Å².